The molecule has 6 heteroatoms. The second-order valence-corrected chi connectivity index (χ2v) is 6.52. The highest BCUT2D eigenvalue weighted by Gasteiger charge is 2.20. The van der Waals surface area contributed by atoms with Gasteiger partial charge in [-0.1, -0.05) is 29.8 Å². The van der Waals surface area contributed by atoms with Crippen LogP contribution in [-0.4, -0.2) is 19.0 Å². The van der Waals surface area contributed by atoms with E-state index < -0.39 is 0 Å². The van der Waals surface area contributed by atoms with Gasteiger partial charge in [-0.25, -0.2) is 10.4 Å². The number of hydrogen-bond donors (Lipinski definition) is 3. The molecule has 0 aromatic heterocycles. The van der Waals surface area contributed by atoms with Gasteiger partial charge in [-0.15, -0.1) is 0 Å². The third-order valence-corrected chi connectivity index (χ3v) is 4.36. The fourth-order valence-electron chi connectivity index (χ4n) is 2.81. The first-order chi connectivity index (χ1) is 12.2. The maximum absolute atomic E-state index is 6.03. The first-order valence-electron chi connectivity index (χ1n) is 8.46. The molecular weight excluding hydrogens is 336 g/mol. The van der Waals surface area contributed by atoms with E-state index >= 15 is 0 Å². The van der Waals surface area contributed by atoms with Crippen LogP contribution in [0.4, 0.5) is 11.4 Å². The van der Waals surface area contributed by atoms with Gasteiger partial charge in [0.1, 0.15) is 5.84 Å². The van der Waals surface area contributed by atoms with Gasteiger partial charge in [0.15, 0.2) is 0 Å². The van der Waals surface area contributed by atoms with Gasteiger partial charge in [-0.05, 0) is 48.7 Å². The lowest BCUT2D eigenvalue weighted by Gasteiger charge is -2.25. The van der Waals surface area contributed by atoms with Crippen LogP contribution in [0.15, 0.2) is 53.5 Å². The summed E-state index contributed by atoms with van der Waals surface area (Å²) < 4.78 is 5.47. The van der Waals surface area contributed by atoms with E-state index in [4.69, 9.17) is 27.1 Å². The van der Waals surface area contributed by atoms with E-state index in [2.05, 4.69) is 10.9 Å². The molecule has 1 aliphatic rings. The van der Waals surface area contributed by atoms with Crippen LogP contribution in [0.3, 0.4) is 0 Å². The Morgan fingerprint density at radius 1 is 1.16 bits per heavy atom. The molecule has 1 fully saturated rings. The van der Waals surface area contributed by atoms with E-state index in [1.165, 1.54) is 0 Å². The number of nitrogen functional groups attached to an aromatic ring is 1. The Kier molecular flexibility index (Phi) is 6.28. The normalized spacial score (nSPS) is 16.0. The largest absolute Gasteiger partial charge is 0.399 e. The molecule has 1 aliphatic heterocycles. The van der Waals surface area contributed by atoms with Gasteiger partial charge >= 0.3 is 0 Å². The first-order valence-corrected chi connectivity index (χ1v) is 8.84. The molecule has 25 heavy (non-hydrogen) atoms. The maximum Gasteiger partial charge on any atom is 0.120 e. The molecule has 1 heterocycles. The van der Waals surface area contributed by atoms with Crippen LogP contribution < -0.4 is 16.6 Å². The number of ether oxygens (including phenoxy) is 1. The van der Waals surface area contributed by atoms with E-state index in [1.807, 2.05) is 48.5 Å². The van der Waals surface area contributed by atoms with Crippen molar-refractivity contribution in [2.24, 2.45) is 10.9 Å². The summed E-state index contributed by atoms with van der Waals surface area (Å²) in [5.74, 6) is 1.25. The summed E-state index contributed by atoms with van der Waals surface area (Å²) in [6.07, 6.45) is 1.90. The van der Waals surface area contributed by atoms with E-state index in [0.717, 1.165) is 48.2 Å². The van der Waals surface area contributed by atoms with E-state index in [1.54, 1.807) is 0 Å². The molecule has 1 saturated heterocycles. The predicted octanol–water partition coefficient (Wildman–Crippen LogP) is 3.67. The summed E-state index contributed by atoms with van der Waals surface area (Å²) in [5.41, 5.74) is 15.1. The van der Waals surface area contributed by atoms with Crippen LogP contribution in [-0.2, 0) is 11.3 Å². The molecule has 2 aromatic carbocycles. The van der Waals surface area contributed by atoms with Gasteiger partial charge in [0.2, 0.25) is 0 Å². The fourth-order valence-corrected chi connectivity index (χ4v) is 3.02. The predicted molar refractivity (Wildman–Crippen MR) is 103 cm³/mol. The van der Waals surface area contributed by atoms with Crippen molar-refractivity contribution in [2.75, 3.05) is 18.9 Å². The third kappa shape index (κ3) is 5.46. The number of hydrogen-bond acceptors (Lipinski definition) is 4. The molecule has 0 unspecified atom stereocenters. The Morgan fingerprint density at radius 2 is 1.96 bits per heavy atom. The topological polar surface area (TPSA) is 71.7 Å². The van der Waals surface area contributed by atoms with Crippen LogP contribution in [0.25, 0.3) is 0 Å². The number of halogens is 1. The van der Waals surface area contributed by atoms with Crippen LogP contribution in [0.5, 0.6) is 0 Å². The van der Waals surface area contributed by atoms with Crippen LogP contribution >= 0.6 is 11.6 Å². The molecule has 0 radical (unpaired) electrons. The Hall–Kier alpha value is -2.08. The number of aliphatic imine (C=N–C) groups is 1. The number of nitrogens with two attached hydrogens (primary N) is 1. The van der Waals surface area contributed by atoms with Crippen molar-refractivity contribution < 1.29 is 4.74 Å². The first kappa shape index (κ1) is 17.7. The molecule has 3 rings (SSSR count). The molecule has 0 bridgehead atoms. The zero-order valence-corrected chi connectivity index (χ0v) is 14.8. The van der Waals surface area contributed by atoms with Gasteiger partial charge in [-0.2, -0.15) is 0 Å². The van der Waals surface area contributed by atoms with Crippen molar-refractivity contribution in [3.05, 3.63) is 59.1 Å². The van der Waals surface area contributed by atoms with Crippen molar-refractivity contribution in [3.63, 3.8) is 0 Å². The highest BCUT2D eigenvalue weighted by atomic mass is 35.5. The van der Waals surface area contributed by atoms with Gasteiger partial charge in [0.05, 0.1) is 5.69 Å². The van der Waals surface area contributed by atoms with Gasteiger partial charge in [0.25, 0.3) is 0 Å². The van der Waals surface area contributed by atoms with E-state index in [9.17, 15) is 0 Å². The Morgan fingerprint density at radius 3 is 2.72 bits per heavy atom. The lowest BCUT2D eigenvalue weighted by molar-refractivity contribution is 0.0818. The maximum atomic E-state index is 6.03. The Balaban J connectivity index is 1.69. The SMILES string of the molecule is Nc1cccc(N=C(NNCc2cccc(Cl)c2)C2CCOCC2)c1. The molecule has 0 amide bonds. The fraction of sp³-hybridized carbons (Fsp3) is 0.316. The van der Waals surface area contributed by atoms with Gasteiger partial charge in [-0.3, -0.25) is 0 Å². The summed E-state index contributed by atoms with van der Waals surface area (Å²) in [4.78, 5) is 4.77. The molecule has 5 nitrogen and oxygen atoms in total. The summed E-state index contributed by atoms with van der Waals surface area (Å²) in [7, 11) is 0. The molecule has 0 aliphatic carbocycles. The van der Waals surface area contributed by atoms with E-state index in [-0.39, 0.29) is 0 Å². The van der Waals surface area contributed by atoms with Crippen molar-refractivity contribution in [3.8, 4) is 0 Å². The van der Waals surface area contributed by atoms with Crippen LogP contribution in [0.1, 0.15) is 18.4 Å². The van der Waals surface area contributed by atoms with Crippen molar-refractivity contribution in [1.82, 2.24) is 10.9 Å². The number of rotatable bonds is 5. The zero-order chi connectivity index (χ0) is 17.5. The van der Waals surface area contributed by atoms with Crippen molar-refractivity contribution >= 4 is 28.8 Å². The minimum atomic E-state index is 0.335. The number of nitrogens with zero attached hydrogens (tertiary/aromatic N) is 1. The summed E-state index contributed by atoms with van der Waals surface area (Å²) in [6.45, 7) is 2.17. The lowest BCUT2D eigenvalue weighted by Crippen LogP contribution is -2.42. The highest BCUT2D eigenvalue weighted by Crippen LogP contribution is 2.21. The number of benzene rings is 2. The van der Waals surface area contributed by atoms with Crippen molar-refractivity contribution in [1.29, 1.82) is 0 Å². The molecule has 0 atom stereocenters. The summed E-state index contributed by atoms with van der Waals surface area (Å²) in [6, 6.07) is 15.4. The van der Waals surface area contributed by atoms with E-state index in [0.29, 0.717) is 18.2 Å². The van der Waals surface area contributed by atoms with Crippen LogP contribution in [0, 0.1) is 5.92 Å². The second kappa shape index (κ2) is 8.85. The zero-order valence-electron chi connectivity index (χ0n) is 14.0. The van der Waals surface area contributed by atoms with Gasteiger partial charge < -0.3 is 15.9 Å². The molecular formula is C19H23ClN4O. The number of nitrogens with one attached hydrogen (secondary N) is 2. The minimum Gasteiger partial charge on any atom is -0.399 e. The molecule has 132 valence electrons. The number of anilines is 1. The number of hydrazine groups is 1. The smallest absolute Gasteiger partial charge is 0.120 e. The monoisotopic (exact) mass is 358 g/mol. The summed E-state index contributed by atoms with van der Waals surface area (Å²) >= 11 is 6.03. The Labute approximate surface area is 153 Å². The quantitative estimate of drug-likeness (QED) is 0.330. The highest BCUT2D eigenvalue weighted by molar-refractivity contribution is 6.30. The standard InChI is InChI=1S/C19H23ClN4O/c20-16-4-1-3-14(11-16)13-22-24-19(15-7-9-25-10-8-15)23-18-6-2-5-17(21)12-18/h1-6,11-12,15,22H,7-10,13,21H2,(H,23,24). The third-order valence-electron chi connectivity index (χ3n) is 4.13. The van der Waals surface area contributed by atoms with Crippen molar-refractivity contribution in [2.45, 2.75) is 19.4 Å². The van der Waals surface area contributed by atoms with Gasteiger partial charge in [0, 0.05) is 36.4 Å². The van der Waals surface area contributed by atoms with Crippen LogP contribution in [0.2, 0.25) is 5.02 Å². The summed E-state index contributed by atoms with van der Waals surface area (Å²) in [5, 5.41) is 0.734. The molecule has 0 saturated carbocycles. The lowest BCUT2D eigenvalue weighted by atomic mass is 9.99. The molecule has 2 aromatic rings. The second-order valence-electron chi connectivity index (χ2n) is 6.09. The average molecular weight is 359 g/mol. The average Bonchev–Trinajstić information content (AvgIpc) is 2.62. The molecule has 4 N–H and O–H groups in total. The minimum absolute atomic E-state index is 0.335. The Bertz CT molecular complexity index is 729. The molecule has 0 spiro atoms. The number of amidine groups is 1.